The number of amides is 1. The molecule has 4 nitrogen and oxygen atoms in total. The van der Waals surface area contributed by atoms with Crippen LogP contribution in [0.25, 0.3) is 0 Å². The third-order valence-corrected chi connectivity index (χ3v) is 3.13. The maximum Gasteiger partial charge on any atom is 0.234 e. The zero-order valence-electron chi connectivity index (χ0n) is 11.9. The summed E-state index contributed by atoms with van der Waals surface area (Å²) in [5, 5.41) is 3.41. The number of halogens is 2. The predicted molar refractivity (Wildman–Crippen MR) is 90.4 cm³/mol. The molecule has 3 N–H and O–H groups in total. The summed E-state index contributed by atoms with van der Waals surface area (Å²) in [6.07, 6.45) is 0. The standard InChI is InChI=1S/C16H17ClN2O2.ClH/c17-14-3-1-2-13(8-14)11-21-15-6-4-12(5-7-15)10-19-16(20)9-18;/h1-8H,9-11,18H2,(H,19,20);1H. The Kier molecular flexibility index (Phi) is 7.74. The van der Waals surface area contributed by atoms with Gasteiger partial charge in [0.15, 0.2) is 0 Å². The summed E-state index contributed by atoms with van der Waals surface area (Å²) < 4.78 is 5.68. The Balaban J connectivity index is 0.00000242. The van der Waals surface area contributed by atoms with Crippen molar-refractivity contribution in [1.82, 2.24) is 5.32 Å². The van der Waals surface area contributed by atoms with Crippen LogP contribution in [0.5, 0.6) is 5.75 Å². The smallest absolute Gasteiger partial charge is 0.234 e. The number of hydrogen-bond donors (Lipinski definition) is 2. The minimum atomic E-state index is -0.170. The summed E-state index contributed by atoms with van der Waals surface area (Å²) in [6, 6.07) is 15.1. The molecule has 0 saturated heterocycles. The van der Waals surface area contributed by atoms with E-state index in [2.05, 4.69) is 5.32 Å². The van der Waals surface area contributed by atoms with Crippen LogP contribution in [0.2, 0.25) is 5.02 Å². The summed E-state index contributed by atoms with van der Waals surface area (Å²) in [6.45, 7) is 0.926. The Morgan fingerprint density at radius 1 is 1.14 bits per heavy atom. The SMILES string of the molecule is Cl.NCC(=O)NCc1ccc(OCc2cccc(Cl)c2)cc1. The third-order valence-electron chi connectivity index (χ3n) is 2.89. The second kappa shape index (κ2) is 9.30. The van der Waals surface area contributed by atoms with Crippen LogP contribution in [0.3, 0.4) is 0 Å². The van der Waals surface area contributed by atoms with E-state index in [1.54, 1.807) is 0 Å². The molecule has 6 heteroatoms. The van der Waals surface area contributed by atoms with Crippen LogP contribution in [-0.4, -0.2) is 12.5 Å². The molecule has 0 fully saturated rings. The maximum atomic E-state index is 11.1. The average molecular weight is 341 g/mol. The molecule has 0 aromatic heterocycles. The van der Waals surface area contributed by atoms with E-state index in [0.29, 0.717) is 18.2 Å². The fourth-order valence-electron chi connectivity index (χ4n) is 1.77. The van der Waals surface area contributed by atoms with Crippen molar-refractivity contribution in [2.24, 2.45) is 5.73 Å². The second-order valence-corrected chi connectivity index (χ2v) is 4.98. The number of nitrogens with two attached hydrogens (primary N) is 1. The van der Waals surface area contributed by atoms with Crippen molar-refractivity contribution in [2.75, 3.05) is 6.54 Å². The molecule has 0 radical (unpaired) electrons. The molecule has 0 spiro atoms. The van der Waals surface area contributed by atoms with Gasteiger partial charge in [-0.3, -0.25) is 4.79 Å². The fourth-order valence-corrected chi connectivity index (χ4v) is 1.98. The van der Waals surface area contributed by atoms with E-state index in [9.17, 15) is 4.79 Å². The Morgan fingerprint density at radius 3 is 2.50 bits per heavy atom. The van der Waals surface area contributed by atoms with E-state index in [-0.39, 0.29) is 24.9 Å². The molecule has 0 bridgehead atoms. The maximum absolute atomic E-state index is 11.1. The van der Waals surface area contributed by atoms with E-state index in [4.69, 9.17) is 22.1 Å². The minimum absolute atomic E-state index is 0. The molecule has 0 aliphatic rings. The first-order valence-corrected chi connectivity index (χ1v) is 6.98. The quantitative estimate of drug-likeness (QED) is 0.849. The summed E-state index contributed by atoms with van der Waals surface area (Å²) in [4.78, 5) is 11.1. The zero-order chi connectivity index (χ0) is 15.1. The fraction of sp³-hybridized carbons (Fsp3) is 0.188. The largest absolute Gasteiger partial charge is 0.489 e. The highest BCUT2D eigenvalue weighted by atomic mass is 35.5. The highest BCUT2D eigenvalue weighted by molar-refractivity contribution is 6.30. The lowest BCUT2D eigenvalue weighted by molar-refractivity contribution is -0.119. The number of carbonyl (C=O) groups is 1. The van der Waals surface area contributed by atoms with E-state index < -0.39 is 0 Å². The van der Waals surface area contributed by atoms with E-state index in [1.165, 1.54) is 0 Å². The van der Waals surface area contributed by atoms with E-state index in [0.717, 1.165) is 16.9 Å². The molecule has 2 rings (SSSR count). The highest BCUT2D eigenvalue weighted by Crippen LogP contribution is 2.16. The monoisotopic (exact) mass is 340 g/mol. The van der Waals surface area contributed by atoms with Crippen molar-refractivity contribution in [1.29, 1.82) is 0 Å². The van der Waals surface area contributed by atoms with Gasteiger partial charge in [0.05, 0.1) is 6.54 Å². The number of ether oxygens (including phenoxy) is 1. The molecule has 2 aromatic carbocycles. The van der Waals surface area contributed by atoms with Gasteiger partial charge in [-0.25, -0.2) is 0 Å². The van der Waals surface area contributed by atoms with Crippen LogP contribution in [0.4, 0.5) is 0 Å². The zero-order valence-corrected chi connectivity index (χ0v) is 13.5. The Bertz CT molecular complexity index is 603. The molecule has 22 heavy (non-hydrogen) atoms. The lowest BCUT2D eigenvalue weighted by Crippen LogP contribution is -2.29. The average Bonchev–Trinajstić information content (AvgIpc) is 2.51. The summed E-state index contributed by atoms with van der Waals surface area (Å²) in [5.74, 6) is 0.597. The van der Waals surface area contributed by atoms with Crippen molar-refractivity contribution in [3.8, 4) is 5.75 Å². The molecule has 0 aliphatic heterocycles. The lowest BCUT2D eigenvalue weighted by Gasteiger charge is -2.08. The number of benzene rings is 2. The lowest BCUT2D eigenvalue weighted by atomic mass is 10.2. The molecule has 1 amide bonds. The van der Waals surface area contributed by atoms with Crippen molar-refractivity contribution >= 4 is 29.9 Å². The molecule has 0 saturated carbocycles. The van der Waals surface area contributed by atoms with Crippen molar-refractivity contribution in [2.45, 2.75) is 13.2 Å². The van der Waals surface area contributed by atoms with E-state index >= 15 is 0 Å². The Morgan fingerprint density at radius 2 is 1.86 bits per heavy atom. The van der Waals surface area contributed by atoms with E-state index in [1.807, 2.05) is 48.5 Å². The molecule has 0 unspecified atom stereocenters. The highest BCUT2D eigenvalue weighted by Gasteiger charge is 2.00. The van der Waals surface area contributed by atoms with Crippen LogP contribution < -0.4 is 15.8 Å². The molecule has 0 heterocycles. The number of rotatable bonds is 6. The number of carbonyl (C=O) groups excluding carboxylic acids is 1. The van der Waals surface area contributed by atoms with Crippen LogP contribution in [0.15, 0.2) is 48.5 Å². The minimum Gasteiger partial charge on any atom is -0.489 e. The first-order valence-electron chi connectivity index (χ1n) is 6.60. The first-order chi connectivity index (χ1) is 10.2. The van der Waals surface area contributed by atoms with Crippen LogP contribution in [0.1, 0.15) is 11.1 Å². The van der Waals surface area contributed by atoms with Gasteiger partial charge >= 0.3 is 0 Å². The van der Waals surface area contributed by atoms with Crippen LogP contribution in [-0.2, 0) is 17.9 Å². The third kappa shape index (κ3) is 5.93. The van der Waals surface area contributed by atoms with Gasteiger partial charge in [-0.15, -0.1) is 12.4 Å². The molecular weight excluding hydrogens is 323 g/mol. The molecule has 118 valence electrons. The van der Waals surface area contributed by atoms with Crippen molar-refractivity contribution < 1.29 is 9.53 Å². The second-order valence-electron chi connectivity index (χ2n) is 4.54. The van der Waals surface area contributed by atoms with Gasteiger partial charge in [0.25, 0.3) is 0 Å². The van der Waals surface area contributed by atoms with Crippen molar-refractivity contribution in [3.63, 3.8) is 0 Å². The summed E-state index contributed by atoms with van der Waals surface area (Å²) >= 11 is 5.92. The molecule has 0 aliphatic carbocycles. The van der Waals surface area contributed by atoms with Gasteiger partial charge in [0.2, 0.25) is 5.91 Å². The van der Waals surface area contributed by atoms with Crippen LogP contribution in [0, 0.1) is 0 Å². The van der Waals surface area contributed by atoms with Gasteiger partial charge < -0.3 is 15.8 Å². The van der Waals surface area contributed by atoms with Crippen molar-refractivity contribution in [3.05, 3.63) is 64.7 Å². The van der Waals surface area contributed by atoms with Gasteiger partial charge in [-0.05, 0) is 35.4 Å². The molecule has 2 aromatic rings. The van der Waals surface area contributed by atoms with Gasteiger partial charge in [0.1, 0.15) is 12.4 Å². The number of hydrogen-bond acceptors (Lipinski definition) is 3. The summed E-state index contributed by atoms with van der Waals surface area (Å²) in [7, 11) is 0. The molecular formula is C16H18Cl2N2O2. The molecule has 0 atom stereocenters. The van der Waals surface area contributed by atoms with Gasteiger partial charge in [-0.1, -0.05) is 35.9 Å². The first kappa shape index (κ1) is 18.3. The Labute approximate surface area is 141 Å². The summed E-state index contributed by atoms with van der Waals surface area (Å²) in [5.41, 5.74) is 7.23. The van der Waals surface area contributed by atoms with Gasteiger partial charge in [-0.2, -0.15) is 0 Å². The Hall–Kier alpha value is -1.75. The van der Waals surface area contributed by atoms with Gasteiger partial charge in [0, 0.05) is 11.6 Å². The normalized spacial score (nSPS) is 9.73. The topological polar surface area (TPSA) is 64.4 Å². The predicted octanol–water partition coefficient (Wildman–Crippen LogP) is 2.92. The number of nitrogens with one attached hydrogen (secondary N) is 1. The van der Waals surface area contributed by atoms with Crippen LogP contribution >= 0.6 is 24.0 Å².